The number of rotatable bonds is 5. The minimum atomic E-state index is -0.128. The summed E-state index contributed by atoms with van der Waals surface area (Å²) in [5.74, 6) is 1.56. The fourth-order valence-corrected chi connectivity index (χ4v) is 1.58. The van der Waals surface area contributed by atoms with Gasteiger partial charge in [-0.15, -0.1) is 0 Å². The topological polar surface area (TPSA) is 38.7 Å². The number of methoxy groups -OCH3 is 2. The molecule has 0 fully saturated rings. The van der Waals surface area contributed by atoms with Crippen molar-refractivity contribution >= 4 is 0 Å². The standard InChI is InChI=1S/C13H20O3/c1-13(2,9-14)8-10-5-11(15-3)7-12(6-10)16-4/h5-7,14H,8-9H2,1-4H3. The first-order chi connectivity index (χ1) is 7.50. The normalized spacial score (nSPS) is 11.3. The third-order valence-electron chi connectivity index (χ3n) is 2.52. The first kappa shape index (κ1) is 12.8. The van der Waals surface area contributed by atoms with E-state index in [-0.39, 0.29) is 12.0 Å². The van der Waals surface area contributed by atoms with Crippen molar-refractivity contribution in [1.82, 2.24) is 0 Å². The van der Waals surface area contributed by atoms with Gasteiger partial charge in [0.25, 0.3) is 0 Å². The van der Waals surface area contributed by atoms with Gasteiger partial charge in [0.2, 0.25) is 0 Å². The Balaban J connectivity index is 2.95. The van der Waals surface area contributed by atoms with Gasteiger partial charge in [-0.05, 0) is 29.5 Å². The van der Waals surface area contributed by atoms with Gasteiger partial charge < -0.3 is 14.6 Å². The molecular weight excluding hydrogens is 204 g/mol. The predicted octanol–water partition coefficient (Wildman–Crippen LogP) is 2.26. The SMILES string of the molecule is COc1cc(CC(C)(C)CO)cc(OC)c1. The number of aliphatic hydroxyl groups excluding tert-OH is 1. The minimum Gasteiger partial charge on any atom is -0.497 e. The molecule has 1 aromatic carbocycles. The molecule has 0 radical (unpaired) electrons. The molecule has 0 spiro atoms. The Labute approximate surface area is 97.0 Å². The lowest BCUT2D eigenvalue weighted by Crippen LogP contribution is -2.19. The summed E-state index contributed by atoms with van der Waals surface area (Å²) in [6, 6.07) is 5.79. The van der Waals surface area contributed by atoms with Gasteiger partial charge >= 0.3 is 0 Å². The Bertz CT molecular complexity index is 323. The second-order valence-corrected chi connectivity index (χ2v) is 4.72. The van der Waals surface area contributed by atoms with Crippen molar-refractivity contribution < 1.29 is 14.6 Å². The second kappa shape index (κ2) is 5.21. The molecule has 3 heteroatoms. The summed E-state index contributed by atoms with van der Waals surface area (Å²) >= 11 is 0. The van der Waals surface area contributed by atoms with E-state index in [4.69, 9.17) is 9.47 Å². The molecule has 0 aliphatic heterocycles. The first-order valence-electron chi connectivity index (χ1n) is 5.33. The highest BCUT2D eigenvalue weighted by Gasteiger charge is 2.18. The van der Waals surface area contributed by atoms with E-state index in [9.17, 15) is 5.11 Å². The van der Waals surface area contributed by atoms with Crippen molar-refractivity contribution in [3.05, 3.63) is 23.8 Å². The fraction of sp³-hybridized carbons (Fsp3) is 0.538. The Hall–Kier alpha value is -1.22. The molecule has 16 heavy (non-hydrogen) atoms. The van der Waals surface area contributed by atoms with Gasteiger partial charge in [-0.1, -0.05) is 13.8 Å². The fourth-order valence-electron chi connectivity index (χ4n) is 1.58. The number of hydrogen-bond acceptors (Lipinski definition) is 3. The highest BCUT2D eigenvalue weighted by atomic mass is 16.5. The van der Waals surface area contributed by atoms with Gasteiger partial charge in [0.1, 0.15) is 11.5 Å². The van der Waals surface area contributed by atoms with Crippen LogP contribution in [0, 0.1) is 5.41 Å². The Morgan fingerprint density at radius 3 is 1.94 bits per heavy atom. The van der Waals surface area contributed by atoms with Crippen LogP contribution in [0.4, 0.5) is 0 Å². The zero-order valence-electron chi connectivity index (χ0n) is 10.4. The summed E-state index contributed by atoms with van der Waals surface area (Å²) in [6.45, 7) is 4.21. The predicted molar refractivity (Wildman–Crippen MR) is 64.1 cm³/mol. The highest BCUT2D eigenvalue weighted by Crippen LogP contribution is 2.27. The molecule has 0 heterocycles. The van der Waals surface area contributed by atoms with Crippen molar-refractivity contribution in [2.45, 2.75) is 20.3 Å². The summed E-state index contributed by atoms with van der Waals surface area (Å²) in [5.41, 5.74) is 0.979. The van der Waals surface area contributed by atoms with E-state index < -0.39 is 0 Å². The van der Waals surface area contributed by atoms with Crippen LogP contribution >= 0.6 is 0 Å². The van der Waals surface area contributed by atoms with Crippen LogP contribution in [0.1, 0.15) is 19.4 Å². The molecule has 0 aliphatic rings. The summed E-state index contributed by atoms with van der Waals surface area (Å²) in [4.78, 5) is 0. The van der Waals surface area contributed by atoms with Crippen LogP contribution in [-0.4, -0.2) is 25.9 Å². The zero-order chi connectivity index (χ0) is 12.2. The Morgan fingerprint density at radius 1 is 1.06 bits per heavy atom. The van der Waals surface area contributed by atoms with Gasteiger partial charge in [-0.25, -0.2) is 0 Å². The summed E-state index contributed by atoms with van der Waals surface area (Å²) in [6.07, 6.45) is 0.789. The Morgan fingerprint density at radius 2 is 1.56 bits per heavy atom. The van der Waals surface area contributed by atoms with Gasteiger partial charge in [0, 0.05) is 12.7 Å². The minimum absolute atomic E-state index is 0.128. The Kier molecular flexibility index (Phi) is 4.19. The van der Waals surface area contributed by atoms with Crippen LogP contribution in [0.2, 0.25) is 0 Å². The smallest absolute Gasteiger partial charge is 0.122 e. The number of aliphatic hydroxyl groups is 1. The number of benzene rings is 1. The van der Waals surface area contributed by atoms with E-state index in [1.54, 1.807) is 14.2 Å². The number of ether oxygens (including phenoxy) is 2. The third-order valence-corrected chi connectivity index (χ3v) is 2.52. The molecule has 3 nitrogen and oxygen atoms in total. The molecule has 0 unspecified atom stereocenters. The second-order valence-electron chi connectivity index (χ2n) is 4.72. The van der Waals surface area contributed by atoms with E-state index in [2.05, 4.69) is 0 Å². The maximum Gasteiger partial charge on any atom is 0.122 e. The lowest BCUT2D eigenvalue weighted by atomic mass is 9.86. The molecule has 1 aromatic rings. The largest absolute Gasteiger partial charge is 0.497 e. The average molecular weight is 224 g/mol. The van der Waals surface area contributed by atoms with Gasteiger partial charge in [0.05, 0.1) is 14.2 Å². The van der Waals surface area contributed by atoms with Crippen molar-refractivity contribution in [3.8, 4) is 11.5 Å². The van der Waals surface area contributed by atoms with E-state index in [0.717, 1.165) is 23.5 Å². The number of hydrogen-bond donors (Lipinski definition) is 1. The van der Waals surface area contributed by atoms with Gasteiger partial charge in [-0.2, -0.15) is 0 Å². The van der Waals surface area contributed by atoms with Crippen LogP contribution in [0.3, 0.4) is 0 Å². The van der Waals surface area contributed by atoms with Gasteiger partial charge in [0.15, 0.2) is 0 Å². The van der Waals surface area contributed by atoms with Crippen LogP contribution in [0.5, 0.6) is 11.5 Å². The zero-order valence-corrected chi connectivity index (χ0v) is 10.4. The van der Waals surface area contributed by atoms with Crippen LogP contribution in [0.15, 0.2) is 18.2 Å². The quantitative estimate of drug-likeness (QED) is 0.833. The molecule has 0 saturated heterocycles. The highest BCUT2D eigenvalue weighted by molar-refractivity contribution is 5.38. The summed E-state index contributed by atoms with van der Waals surface area (Å²) < 4.78 is 10.4. The molecule has 0 aromatic heterocycles. The molecule has 1 N–H and O–H groups in total. The molecule has 0 bridgehead atoms. The lowest BCUT2D eigenvalue weighted by molar-refractivity contribution is 0.159. The molecule has 0 saturated carbocycles. The monoisotopic (exact) mass is 224 g/mol. The van der Waals surface area contributed by atoms with Crippen molar-refractivity contribution in [3.63, 3.8) is 0 Å². The third kappa shape index (κ3) is 3.42. The van der Waals surface area contributed by atoms with Crippen LogP contribution in [-0.2, 0) is 6.42 Å². The lowest BCUT2D eigenvalue weighted by Gasteiger charge is -2.22. The molecule has 0 atom stereocenters. The molecule has 0 amide bonds. The van der Waals surface area contributed by atoms with E-state index in [1.165, 1.54) is 0 Å². The summed E-state index contributed by atoms with van der Waals surface area (Å²) in [7, 11) is 3.27. The average Bonchev–Trinajstić information content (AvgIpc) is 2.28. The first-order valence-corrected chi connectivity index (χ1v) is 5.33. The van der Waals surface area contributed by atoms with Crippen molar-refractivity contribution in [2.75, 3.05) is 20.8 Å². The van der Waals surface area contributed by atoms with Gasteiger partial charge in [-0.3, -0.25) is 0 Å². The molecular formula is C13H20O3. The van der Waals surface area contributed by atoms with Crippen LogP contribution < -0.4 is 9.47 Å². The van der Waals surface area contributed by atoms with E-state index in [1.807, 2.05) is 32.0 Å². The molecule has 1 rings (SSSR count). The van der Waals surface area contributed by atoms with Crippen LogP contribution in [0.25, 0.3) is 0 Å². The maximum atomic E-state index is 9.25. The molecule has 90 valence electrons. The van der Waals surface area contributed by atoms with E-state index in [0.29, 0.717) is 0 Å². The van der Waals surface area contributed by atoms with E-state index >= 15 is 0 Å². The summed E-state index contributed by atoms with van der Waals surface area (Å²) in [5, 5.41) is 9.25. The van der Waals surface area contributed by atoms with Crippen molar-refractivity contribution in [2.24, 2.45) is 5.41 Å². The maximum absolute atomic E-state index is 9.25. The molecule has 0 aliphatic carbocycles. The van der Waals surface area contributed by atoms with Crippen molar-refractivity contribution in [1.29, 1.82) is 0 Å².